The topological polar surface area (TPSA) is 45.2 Å². The number of aromatic nitrogens is 1. The molecule has 0 spiro atoms. The molecule has 1 N–H and O–H groups in total. The normalized spacial score (nSPS) is 13.7. The van der Waals surface area contributed by atoms with Gasteiger partial charge in [-0.1, -0.05) is 12.1 Å². The molecule has 2 aromatic rings. The van der Waals surface area contributed by atoms with Crippen LogP contribution in [0.15, 0.2) is 42.7 Å². The zero-order valence-electron chi connectivity index (χ0n) is 13.0. The van der Waals surface area contributed by atoms with Gasteiger partial charge in [-0.2, -0.15) is 0 Å². The maximum Gasteiger partial charge on any atom is 0.243 e. The zero-order valence-corrected chi connectivity index (χ0v) is 13.0. The lowest BCUT2D eigenvalue weighted by atomic mass is 10.0. The number of pyridine rings is 1. The molecule has 1 aliphatic carbocycles. The van der Waals surface area contributed by atoms with Crippen molar-refractivity contribution in [1.82, 2.24) is 4.98 Å². The number of amides is 1. The van der Waals surface area contributed by atoms with Crippen LogP contribution in [0.25, 0.3) is 0 Å². The Bertz CT molecular complexity index is 665. The van der Waals surface area contributed by atoms with Gasteiger partial charge in [-0.3, -0.25) is 9.78 Å². The predicted molar refractivity (Wildman–Crippen MR) is 89.3 cm³/mol. The molecule has 1 heterocycles. The Morgan fingerprint density at radius 3 is 2.68 bits per heavy atom. The first-order valence-electron chi connectivity index (χ1n) is 7.65. The van der Waals surface area contributed by atoms with Crippen molar-refractivity contribution in [2.24, 2.45) is 0 Å². The van der Waals surface area contributed by atoms with Crippen LogP contribution in [0.2, 0.25) is 0 Å². The fourth-order valence-corrected chi connectivity index (χ4v) is 2.72. The highest BCUT2D eigenvalue weighted by Gasteiger charge is 2.25. The minimum atomic E-state index is -0.00430. The highest BCUT2D eigenvalue weighted by molar-refractivity contribution is 5.94. The molecule has 114 valence electrons. The molecule has 0 saturated heterocycles. The first-order chi connectivity index (χ1) is 10.6. The summed E-state index contributed by atoms with van der Waals surface area (Å²) in [6, 6.07) is 9.97. The van der Waals surface area contributed by atoms with Crippen LogP contribution >= 0.6 is 0 Å². The third kappa shape index (κ3) is 3.27. The number of nitrogens with zero attached hydrogens (tertiary/aromatic N) is 2. The first kappa shape index (κ1) is 14.6. The summed E-state index contributed by atoms with van der Waals surface area (Å²) in [6.07, 6.45) is 5.99. The van der Waals surface area contributed by atoms with E-state index >= 15 is 0 Å². The third-order valence-electron chi connectivity index (χ3n) is 4.15. The SMILES string of the molecule is Cc1c(NC(=O)CN(C)c2ccncc2)cccc1C1CC1. The average Bonchev–Trinajstić information content (AvgIpc) is 3.35. The van der Waals surface area contributed by atoms with E-state index in [0.29, 0.717) is 12.5 Å². The molecular formula is C18H21N3O. The fraction of sp³-hybridized carbons (Fsp3) is 0.333. The molecule has 1 aromatic heterocycles. The van der Waals surface area contributed by atoms with E-state index in [1.54, 1.807) is 12.4 Å². The number of carbonyl (C=O) groups excluding carboxylic acids is 1. The van der Waals surface area contributed by atoms with Gasteiger partial charge < -0.3 is 10.2 Å². The van der Waals surface area contributed by atoms with Gasteiger partial charge in [0.1, 0.15) is 0 Å². The Morgan fingerprint density at radius 1 is 1.27 bits per heavy atom. The maximum absolute atomic E-state index is 12.3. The molecule has 3 rings (SSSR count). The number of hydrogen-bond donors (Lipinski definition) is 1. The monoisotopic (exact) mass is 295 g/mol. The van der Waals surface area contributed by atoms with Crippen molar-refractivity contribution < 1.29 is 4.79 Å². The molecular weight excluding hydrogens is 274 g/mol. The molecule has 1 aliphatic rings. The second kappa shape index (κ2) is 6.18. The molecule has 1 aromatic carbocycles. The summed E-state index contributed by atoms with van der Waals surface area (Å²) in [6.45, 7) is 2.41. The number of rotatable bonds is 5. The molecule has 0 aliphatic heterocycles. The van der Waals surface area contributed by atoms with E-state index in [1.807, 2.05) is 36.2 Å². The first-order valence-corrected chi connectivity index (χ1v) is 7.65. The lowest BCUT2D eigenvalue weighted by Gasteiger charge is -2.19. The molecule has 22 heavy (non-hydrogen) atoms. The molecule has 0 radical (unpaired) electrons. The number of hydrogen-bond acceptors (Lipinski definition) is 3. The van der Waals surface area contributed by atoms with E-state index in [1.165, 1.54) is 24.0 Å². The molecule has 0 unspecified atom stereocenters. The molecule has 4 nitrogen and oxygen atoms in total. The van der Waals surface area contributed by atoms with Gasteiger partial charge in [0.15, 0.2) is 0 Å². The Hall–Kier alpha value is -2.36. The Morgan fingerprint density at radius 2 is 2.00 bits per heavy atom. The van der Waals surface area contributed by atoms with Gasteiger partial charge in [0.25, 0.3) is 0 Å². The number of nitrogens with one attached hydrogen (secondary N) is 1. The van der Waals surface area contributed by atoms with Crippen LogP contribution in [-0.4, -0.2) is 24.5 Å². The second-order valence-electron chi connectivity index (χ2n) is 5.90. The third-order valence-corrected chi connectivity index (χ3v) is 4.15. The van der Waals surface area contributed by atoms with Crippen molar-refractivity contribution in [3.63, 3.8) is 0 Å². The van der Waals surface area contributed by atoms with Crippen LogP contribution in [0, 0.1) is 6.92 Å². The summed E-state index contributed by atoms with van der Waals surface area (Å²) in [5.41, 5.74) is 4.48. The lowest BCUT2D eigenvalue weighted by Crippen LogP contribution is -2.30. The van der Waals surface area contributed by atoms with E-state index in [4.69, 9.17) is 0 Å². The van der Waals surface area contributed by atoms with Crippen molar-refractivity contribution >= 4 is 17.3 Å². The summed E-state index contributed by atoms with van der Waals surface area (Å²) >= 11 is 0. The van der Waals surface area contributed by atoms with Gasteiger partial charge in [0.05, 0.1) is 6.54 Å². The average molecular weight is 295 g/mol. The van der Waals surface area contributed by atoms with Crippen LogP contribution in [0.3, 0.4) is 0 Å². The number of anilines is 2. The summed E-state index contributed by atoms with van der Waals surface area (Å²) in [4.78, 5) is 18.2. The van der Waals surface area contributed by atoms with Gasteiger partial charge in [-0.05, 0) is 55.0 Å². The Balaban J connectivity index is 1.66. The summed E-state index contributed by atoms with van der Waals surface area (Å²) in [5, 5.41) is 3.04. The smallest absolute Gasteiger partial charge is 0.243 e. The van der Waals surface area contributed by atoms with E-state index in [0.717, 1.165) is 11.4 Å². The van der Waals surface area contributed by atoms with Gasteiger partial charge in [-0.15, -0.1) is 0 Å². The number of carbonyl (C=O) groups is 1. The minimum absolute atomic E-state index is 0.00430. The fourth-order valence-electron chi connectivity index (χ4n) is 2.72. The van der Waals surface area contributed by atoms with Crippen molar-refractivity contribution in [3.05, 3.63) is 53.9 Å². The van der Waals surface area contributed by atoms with Gasteiger partial charge >= 0.3 is 0 Å². The van der Waals surface area contributed by atoms with E-state index in [9.17, 15) is 4.79 Å². The second-order valence-corrected chi connectivity index (χ2v) is 5.90. The maximum atomic E-state index is 12.3. The van der Waals surface area contributed by atoms with Gasteiger partial charge in [0, 0.05) is 30.8 Å². The van der Waals surface area contributed by atoms with Crippen LogP contribution in [0.4, 0.5) is 11.4 Å². The number of benzene rings is 1. The Kier molecular flexibility index (Phi) is 4.09. The molecule has 1 amide bonds. The predicted octanol–water partition coefficient (Wildman–Crippen LogP) is 3.34. The highest BCUT2D eigenvalue weighted by Crippen LogP contribution is 2.42. The van der Waals surface area contributed by atoms with Crippen molar-refractivity contribution in [1.29, 1.82) is 0 Å². The van der Waals surface area contributed by atoms with Crippen molar-refractivity contribution in [3.8, 4) is 0 Å². The standard InChI is InChI=1S/C18H21N3O/c1-13-16(14-6-7-14)4-3-5-17(13)20-18(22)12-21(2)15-8-10-19-11-9-15/h3-5,8-11,14H,6-7,12H2,1-2H3,(H,20,22). The zero-order chi connectivity index (χ0) is 15.5. The summed E-state index contributed by atoms with van der Waals surface area (Å²) in [7, 11) is 1.91. The molecule has 1 fully saturated rings. The largest absolute Gasteiger partial charge is 0.365 e. The summed E-state index contributed by atoms with van der Waals surface area (Å²) in [5.74, 6) is 0.687. The van der Waals surface area contributed by atoms with E-state index in [2.05, 4.69) is 23.3 Å². The van der Waals surface area contributed by atoms with Gasteiger partial charge in [0.2, 0.25) is 5.91 Å². The molecule has 0 atom stereocenters. The van der Waals surface area contributed by atoms with Crippen LogP contribution in [-0.2, 0) is 4.79 Å². The van der Waals surface area contributed by atoms with Crippen molar-refractivity contribution in [2.75, 3.05) is 23.8 Å². The van der Waals surface area contributed by atoms with Gasteiger partial charge in [-0.25, -0.2) is 0 Å². The van der Waals surface area contributed by atoms with Crippen LogP contribution in [0.5, 0.6) is 0 Å². The van der Waals surface area contributed by atoms with Crippen molar-refractivity contribution in [2.45, 2.75) is 25.7 Å². The molecule has 4 heteroatoms. The van der Waals surface area contributed by atoms with Crippen LogP contribution < -0.4 is 10.2 Å². The highest BCUT2D eigenvalue weighted by atomic mass is 16.2. The van der Waals surface area contributed by atoms with Crippen LogP contribution in [0.1, 0.15) is 29.9 Å². The Labute approximate surface area is 131 Å². The quantitative estimate of drug-likeness (QED) is 0.920. The van der Waals surface area contributed by atoms with E-state index in [-0.39, 0.29) is 5.91 Å². The lowest BCUT2D eigenvalue weighted by molar-refractivity contribution is -0.114. The number of likely N-dealkylation sites (N-methyl/N-ethyl adjacent to an activating group) is 1. The summed E-state index contributed by atoms with van der Waals surface area (Å²) < 4.78 is 0. The minimum Gasteiger partial charge on any atom is -0.365 e. The molecule has 0 bridgehead atoms. The molecule has 1 saturated carbocycles. The van der Waals surface area contributed by atoms with E-state index < -0.39 is 0 Å².